The molecule has 5 fully saturated rings. The molecule has 5 heteroatoms. The number of fused-ring (bicyclic) bond motifs is 7. The summed E-state index contributed by atoms with van der Waals surface area (Å²) < 4.78 is 0. The lowest BCUT2D eigenvalue weighted by atomic mass is 9.32. The minimum absolute atomic E-state index is 0.0993. The highest BCUT2D eigenvalue weighted by Gasteiger charge is 2.73. The maximum atomic E-state index is 14.7. The lowest BCUT2D eigenvalue weighted by Crippen LogP contribution is -2.69. The predicted octanol–water partition coefficient (Wildman–Crippen LogP) is 6.83. The summed E-state index contributed by atoms with van der Waals surface area (Å²) >= 11 is 0. The van der Waals surface area contributed by atoms with Crippen LogP contribution in [0.15, 0.2) is 11.6 Å². The normalized spacial score (nSPS) is 51.5. The van der Waals surface area contributed by atoms with Crippen LogP contribution in [0.4, 0.5) is 0 Å². The van der Waals surface area contributed by atoms with E-state index in [0.29, 0.717) is 37.3 Å². The van der Waals surface area contributed by atoms with Gasteiger partial charge in [-0.1, -0.05) is 47.1 Å². The molecule has 1 saturated heterocycles. The number of nitrogens with zero attached hydrogens (tertiary/aromatic N) is 1. The predicted molar refractivity (Wildman–Crippen MR) is 160 cm³/mol. The minimum Gasteiger partial charge on any atom is -0.342 e. The van der Waals surface area contributed by atoms with E-state index < -0.39 is 16.7 Å². The molecule has 11 atom stereocenters. The van der Waals surface area contributed by atoms with Crippen molar-refractivity contribution in [2.24, 2.45) is 62.6 Å². The Kier molecular flexibility index (Phi) is 6.69. The average Bonchev–Trinajstić information content (AvgIpc) is 2.94. The van der Waals surface area contributed by atoms with Crippen LogP contribution < -0.4 is 0 Å². The Labute approximate surface area is 247 Å². The van der Waals surface area contributed by atoms with Crippen molar-refractivity contribution < 1.29 is 19.2 Å². The Hall–Kier alpha value is -1.78. The third-order valence-electron chi connectivity index (χ3n) is 14.9. The molecule has 1 aliphatic heterocycles. The number of ketones is 2. The number of allylic oxidation sites excluding steroid dienone is 2. The quantitative estimate of drug-likeness (QED) is 0.273. The zero-order valence-corrected chi connectivity index (χ0v) is 26.7. The van der Waals surface area contributed by atoms with Crippen LogP contribution in [0.2, 0.25) is 0 Å². The monoisotopic (exact) mass is 563 g/mol. The summed E-state index contributed by atoms with van der Waals surface area (Å²) in [4.78, 5) is 57.4. The maximum absolute atomic E-state index is 14.7. The molecule has 0 aromatic carbocycles. The molecule has 4 saturated carbocycles. The van der Waals surface area contributed by atoms with Crippen LogP contribution in [0.5, 0.6) is 0 Å². The largest absolute Gasteiger partial charge is 0.342 e. The van der Waals surface area contributed by atoms with Gasteiger partial charge in [0.15, 0.2) is 11.6 Å². The molecule has 0 spiro atoms. The van der Waals surface area contributed by atoms with Crippen molar-refractivity contribution in [1.29, 1.82) is 0 Å². The van der Waals surface area contributed by atoms with Gasteiger partial charge >= 0.3 is 0 Å². The number of Topliss-reactive ketones (excluding diaryl/α,β-unsaturated/α-hetero) is 1. The maximum Gasteiger partial charge on any atom is 0.236 e. The Morgan fingerprint density at radius 2 is 1.61 bits per heavy atom. The van der Waals surface area contributed by atoms with Crippen molar-refractivity contribution in [3.8, 4) is 0 Å². The van der Waals surface area contributed by atoms with E-state index in [-0.39, 0.29) is 45.6 Å². The summed E-state index contributed by atoms with van der Waals surface area (Å²) in [6.07, 6.45) is 12.6. The second-order valence-electron chi connectivity index (χ2n) is 16.7. The van der Waals surface area contributed by atoms with E-state index in [4.69, 9.17) is 0 Å². The molecule has 5 nitrogen and oxygen atoms in total. The molecule has 1 amide bonds. The third-order valence-corrected chi connectivity index (χ3v) is 14.9. The van der Waals surface area contributed by atoms with Gasteiger partial charge in [0.2, 0.25) is 5.91 Å². The summed E-state index contributed by atoms with van der Waals surface area (Å²) in [6.45, 7) is 17.4. The van der Waals surface area contributed by atoms with E-state index in [2.05, 4.69) is 47.6 Å². The van der Waals surface area contributed by atoms with Crippen LogP contribution in [0, 0.1) is 62.6 Å². The molecule has 0 bridgehead atoms. The van der Waals surface area contributed by atoms with E-state index in [1.807, 2.05) is 11.8 Å². The fourth-order valence-electron chi connectivity index (χ4n) is 12.2. The first-order chi connectivity index (χ1) is 19.2. The molecule has 6 rings (SSSR count). The lowest BCUT2D eigenvalue weighted by Gasteiger charge is -2.70. The minimum atomic E-state index is -1.26. The molecule has 226 valence electrons. The second-order valence-corrected chi connectivity index (χ2v) is 16.7. The van der Waals surface area contributed by atoms with E-state index in [9.17, 15) is 19.2 Å². The van der Waals surface area contributed by atoms with Crippen molar-refractivity contribution in [2.75, 3.05) is 13.1 Å². The van der Waals surface area contributed by atoms with Gasteiger partial charge in [-0.2, -0.15) is 0 Å². The zero-order chi connectivity index (χ0) is 29.8. The van der Waals surface area contributed by atoms with Crippen LogP contribution in [0.3, 0.4) is 0 Å². The average molecular weight is 564 g/mol. The molecule has 0 aromatic heterocycles. The Balaban J connectivity index is 1.47. The molecule has 41 heavy (non-hydrogen) atoms. The number of piperidine rings is 1. The van der Waals surface area contributed by atoms with Gasteiger partial charge in [0.25, 0.3) is 0 Å². The second kappa shape index (κ2) is 9.36. The topological polar surface area (TPSA) is 71.5 Å². The molecule has 5 aliphatic carbocycles. The molecule has 1 heterocycles. The van der Waals surface area contributed by atoms with Gasteiger partial charge in [-0.3, -0.25) is 14.4 Å². The molecule has 0 radical (unpaired) electrons. The number of carbonyl (C=O) groups excluding carboxylic acids is 4. The van der Waals surface area contributed by atoms with Crippen LogP contribution in [0.1, 0.15) is 113 Å². The molecule has 1 unspecified atom stereocenters. The number of aldehydes is 1. The van der Waals surface area contributed by atoms with Crippen LogP contribution >= 0.6 is 0 Å². The summed E-state index contributed by atoms with van der Waals surface area (Å²) in [5.74, 6) is 0.102. The van der Waals surface area contributed by atoms with Crippen molar-refractivity contribution in [3.05, 3.63) is 11.6 Å². The summed E-state index contributed by atoms with van der Waals surface area (Å²) in [5, 5.41) is 0. The van der Waals surface area contributed by atoms with E-state index >= 15 is 0 Å². The Morgan fingerprint density at radius 1 is 0.927 bits per heavy atom. The molecule has 0 aromatic rings. The molecule has 0 N–H and O–H groups in total. The number of hydrogen-bond donors (Lipinski definition) is 0. The number of carbonyl (C=O) groups is 4. The third kappa shape index (κ3) is 3.65. The van der Waals surface area contributed by atoms with Crippen LogP contribution in [-0.4, -0.2) is 41.7 Å². The van der Waals surface area contributed by atoms with Crippen molar-refractivity contribution >= 4 is 23.8 Å². The first-order valence-electron chi connectivity index (χ1n) is 16.7. The van der Waals surface area contributed by atoms with E-state index in [0.717, 1.165) is 44.8 Å². The van der Waals surface area contributed by atoms with Crippen LogP contribution in [-0.2, 0) is 19.2 Å². The fourth-order valence-corrected chi connectivity index (χ4v) is 12.2. The molecular formula is C36H53NO4. The highest BCUT2D eigenvalue weighted by Crippen LogP contribution is 2.75. The van der Waals surface area contributed by atoms with E-state index in [1.165, 1.54) is 24.8 Å². The number of rotatable bonds is 2. The highest BCUT2D eigenvalue weighted by atomic mass is 16.2. The van der Waals surface area contributed by atoms with E-state index in [1.54, 1.807) is 0 Å². The first-order valence-corrected chi connectivity index (χ1v) is 16.7. The summed E-state index contributed by atoms with van der Waals surface area (Å²) in [6, 6.07) is 0. The molecular weight excluding hydrogens is 510 g/mol. The van der Waals surface area contributed by atoms with Gasteiger partial charge in [0.1, 0.15) is 11.7 Å². The standard InChI is InChI=1S/C36H53NO4/c1-22-11-13-32(3)15-16-34(5)25(28(32)23(22)2)19-26(39)29-33(4)20-24(21-38)30(40)36(7,27(33)12-14-35(29,34)6)31(41)37-17-9-8-10-18-37/h19,21-24,27-29H,8-18,20H2,1-7H3/t22-,23+,24?,27-,28+,29-,32-,33+,34-,35-,36-/m1/s1. The van der Waals surface area contributed by atoms with Gasteiger partial charge in [-0.25, -0.2) is 0 Å². The van der Waals surface area contributed by atoms with Crippen molar-refractivity contribution in [3.63, 3.8) is 0 Å². The summed E-state index contributed by atoms with van der Waals surface area (Å²) in [7, 11) is 0. The van der Waals surface area contributed by atoms with Gasteiger partial charge in [0, 0.05) is 19.0 Å². The van der Waals surface area contributed by atoms with Gasteiger partial charge < -0.3 is 9.69 Å². The lowest BCUT2D eigenvalue weighted by molar-refractivity contribution is -0.200. The first kappa shape index (κ1) is 29.3. The smallest absolute Gasteiger partial charge is 0.236 e. The SMILES string of the molecule is C[C@H]1[C@H](C)CC[C@]2(C)CC[C@]3(C)C(=CC(=O)[C@@H]4[C@@]5(C)CC(C=O)C(=O)[C@](C)(C(=O)N6CCCCC6)[C@@H]5CC[C@]43C)[C@H]12. The highest BCUT2D eigenvalue weighted by molar-refractivity contribution is 6.12. The number of amides is 1. The summed E-state index contributed by atoms with van der Waals surface area (Å²) in [5.41, 5.74) is -0.616. The Bertz CT molecular complexity index is 1200. The Morgan fingerprint density at radius 3 is 2.27 bits per heavy atom. The van der Waals surface area contributed by atoms with Crippen molar-refractivity contribution in [2.45, 2.75) is 113 Å². The van der Waals surface area contributed by atoms with Gasteiger partial charge in [-0.05, 0) is 123 Å². The number of hydrogen-bond acceptors (Lipinski definition) is 4. The van der Waals surface area contributed by atoms with Crippen molar-refractivity contribution in [1.82, 2.24) is 4.90 Å². The van der Waals surface area contributed by atoms with Crippen LogP contribution in [0.25, 0.3) is 0 Å². The van der Waals surface area contributed by atoms with Gasteiger partial charge in [-0.15, -0.1) is 0 Å². The van der Waals surface area contributed by atoms with Gasteiger partial charge in [0.05, 0.1) is 5.92 Å². The molecule has 6 aliphatic rings. The fraction of sp³-hybridized carbons (Fsp3) is 0.833. The number of likely N-dealkylation sites (tertiary alicyclic amines) is 1. The zero-order valence-electron chi connectivity index (χ0n) is 26.7.